The molecule has 1 aliphatic rings. The number of nitrogens with zero attached hydrogens (tertiary/aromatic N) is 1. The van der Waals surface area contributed by atoms with E-state index >= 15 is 0 Å². The molecule has 3 amide bonds. The van der Waals surface area contributed by atoms with E-state index in [-0.39, 0.29) is 11.8 Å². The summed E-state index contributed by atoms with van der Waals surface area (Å²) in [5.74, 6) is -0.963. The molecule has 1 aromatic carbocycles. The van der Waals surface area contributed by atoms with Gasteiger partial charge < -0.3 is 20.3 Å². The molecule has 7 nitrogen and oxygen atoms in total. The monoisotopic (exact) mass is 389 g/mol. The number of carbonyl (C=O) groups excluding carboxylic acids is 3. The number of para-hydroxylation sites is 1. The van der Waals surface area contributed by atoms with Crippen molar-refractivity contribution in [3.8, 4) is 0 Å². The lowest BCUT2D eigenvalue weighted by Crippen LogP contribution is -2.49. The number of carbonyl (C=O) groups is 3. The van der Waals surface area contributed by atoms with Crippen LogP contribution in [0.15, 0.2) is 30.3 Å². The highest BCUT2D eigenvalue weighted by Crippen LogP contribution is 2.13. The molecule has 0 unspecified atom stereocenters. The Morgan fingerprint density at radius 2 is 1.57 bits per heavy atom. The van der Waals surface area contributed by atoms with Crippen LogP contribution in [0.5, 0.6) is 0 Å². The van der Waals surface area contributed by atoms with Crippen LogP contribution in [-0.2, 0) is 14.3 Å². The van der Waals surface area contributed by atoms with Crippen LogP contribution >= 0.6 is 0 Å². The minimum atomic E-state index is -0.870. The van der Waals surface area contributed by atoms with Gasteiger partial charge in [-0.05, 0) is 37.8 Å². The van der Waals surface area contributed by atoms with E-state index in [4.69, 9.17) is 4.74 Å². The van der Waals surface area contributed by atoms with Gasteiger partial charge in [0.1, 0.15) is 6.04 Å². The molecule has 0 aliphatic carbocycles. The molecule has 2 rings (SSSR count). The average Bonchev–Trinajstić information content (AvgIpc) is 2.95. The standard InChI is InChI=1S/C21H31N3O4/c1-15(2)18(23-21(27)22-17-11-7-6-8-12-17)20(26)28-16(3)19(25)24-13-9-4-5-10-14-24/h6-8,11-12,15-16,18H,4-5,9-10,13-14H2,1-3H3,(H2,22,23,27)/t16-,18-/m0/s1. The van der Waals surface area contributed by atoms with Gasteiger partial charge in [0.25, 0.3) is 5.91 Å². The summed E-state index contributed by atoms with van der Waals surface area (Å²) in [5, 5.41) is 5.33. The summed E-state index contributed by atoms with van der Waals surface area (Å²) in [4.78, 5) is 39.2. The van der Waals surface area contributed by atoms with Gasteiger partial charge >= 0.3 is 12.0 Å². The van der Waals surface area contributed by atoms with Crippen LogP contribution in [0.4, 0.5) is 10.5 Å². The second-order valence-electron chi connectivity index (χ2n) is 7.50. The first-order valence-electron chi connectivity index (χ1n) is 10.0. The van der Waals surface area contributed by atoms with Crippen LogP contribution in [0.2, 0.25) is 0 Å². The first-order chi connectivity index (χ1) is 13.4. The minimum absolute atomic E-state index is 0.175. The Labute approximate surface area is 166 Å². The number of anilines is 1. The Hall–Kier alpha value is -2.57. The summed E-state index contributed by atoms with van der Waals surface area (Å²) < 4.78 is 5.41. The van der Waals surface area contributed by atoms with Crippen LogP contribution in [0.3, 0.4) is 0 Å². The topological polar surface area (TPSA) is 87.7 Å². The maximum absolute atomic E-state index is 12.6. The smallest absolute Gasteiger partial charge is 0.329 e. The van der Waals surface area contributed by atoms with Crippen molar-refractivity contribution in [2.45, 2.75) is 58.6 Å². The van der Waals surface area contributed by atoms with Gasteiger partial charge in [0.15, 0.2) is 6.10 Å². The van der Waals surface area contributed by atoms with Crippen LogP contribution in [0.25, 0.3) is 0 Å². The molecular formula is C21H31N3O4. The zero-order valence-corrected chi connectivity index (χ0v) is 16.9. The van der Waals surface area contributed by atoms with Crippen molar-refractivity contribution in [2.75, 3.05) is 18.4 Å². The molecule has 1 saturated heterocycles. The van der Waals surface area contributed by atoms with Gasteiger partial charge in [-0.1, -0.05) is 44.9 Å². The summed E-state index contributed by atoms with van der Waals surface area (Å²) in [6, 6.07) is 7.63. The second kappa shape index (κ2) is 10.7. The summed E-state index contributed by atoms with van der Waals surface area (Å²) in [6.45, 7) is 6.62. The van der Waals surface area contributed by atoms with Crippen LogP contribution < -0.4 is 10.6 Å². The van der Waals surface area contributed by atoms with E-state index in [0.717, 1.165) is 25.7 Å². The Bertz CT molecular complexity index is 655. The third kappa shape index (κ3) is 6.55. The quantitative estimate of drug-likeness (QED) is 0.732. The van der Waals surface area contributed by atoms with Gasteiger partial charge in [-0.2, -0.15) is 0 Å². The molecular weight excluding hydrogens is 358 g/mol. The van der Waals surface area contributed by atoms with Crippen molar-refractivity contribution < 1.29 is 19.1 Å². The normalized spacial score (nSPS) is 16.6. The number of hydrogen-bond acceptors (Lipinski definition) is 4. The third-order valence-corrected chi connectivity index (χ3v) is 4.80. The fourth-order valence-corrected chi connectivity index (χ4v) is 3.17. The zero-order chi connectivity index (χ0) is 20.5. The number of esters is 1. The number of likely N-dealkylation sites (tertiary alicyclic amines) is 1. The molecule has 1 aliphatic heterocycles. The van der Waals surface area contributed by atoms with E-state index in [1.807, 2.05) is 19.9 Å². The van der Waals surface area contributed by atoms with E-state index in [1.165, 1.54) is 0 Å². The van der Waals surface area contributed by atoms with Gasteiger partial charge in [0.05, 0.1) is 0 Å². The van der Waals surface area contributed by atoms with Gasteiger partial charge in [0.2, 0.25) is 0 Å². The molecule has 28 heavy (non-hydrogen) atoms. The zero-order valence-electron chi connectivity index (χ0n) is 16.9. The Balaban J connectivity index is 1.92. The van der Waals surface area contributed by atoms with Crippen molar-refractivity contribution in [3.63, 3.8) is 0 Å². The van der Waals surface area contributed by atoms with E-state index in [1.54, 1.807) is 36.1 Å². The number of ether oxygens (including phenoxy) is 1. The lowest BCUT2D eigenvalue weighted by Gasteiger charge is -2.26. The highest BCUT2D eigenvalue weighted by molar-refractivity contribution is 5.93. The molecule has 1 aromatic rings. The highest BCUT2D eigenvalue weighted by Gasteiger charge is 2.30. The van der Waals surface area contributed by atoms with Crippen LogP contribution in [0, 0.1) is 5.92 Å². The first kappa shape index (κ1) is 21.7. The number of rotatable bonds is 6. The maximum atomic E-state index is 12.6. The summed E-state index contributed by atoms with van der Waals surface area (Å²) in [5.41, 5.74) is 0.626. The molecule has 0 saturated carbocycles. The molecule has 0 bridgehead atoms. The summed E-state index contributed by atoms with van der Waals surface area (Å²) in [6.07, 6.45) is 3.32. The van der Waals surface area contributed by atoms with Gasteiger partial charge in [-0.15, -0.1) is 0 Å². The molecule has 0 spiro atoms. The predicted octanol–water partition coefficient (Wildman–Crippen LogP) is 3.17. The van der Waals surface area contributed by atoms with Crippen LogP contribution in [-0.4, -0.2) is 48.0 Å². The molecule has 2 N–H and O–H groups in total. The third-order valence-electron chi connectivity index (χ3n) is 4.80. The van der Waals surface area contributed by atoms with E-state index in [0.29, 0.717) is 18.8 Å². The Morgan fingerprint density at radius 1 is 0.964 bits per heavy atom. The number of amides is 3. The second-order valence-corrected chi connectivity index (χ2v) is 7.50. The largest absolute Gasteiger partial charge is 0.451 e. The van der Waals surface area contributed by atoms with E-state index < -0.39 is 24.1 Å². The average molecular weight is 389 g/mol. The Morgan fingerprint density at radius 3 is 2.14 bits per heavy atom. The number of urea groups is 1. The van der Waals surface area contributed by atoms with E-state index in [2.05, 4.69) is 10.6 Å². The van der Waals surface area contributed by atoms with Gasteiger partial charge in [-0.3, -0.25) is 4.79 Å². The molecule has 7 heteroatoms. The molecule has 0 radical (unpaired) electrons. The molecule has 2 atom stereocenters. The molecule has 1 heterocycles. The molecule has 1 fully saturated rings. The predicted molar refractivity (Wildman–Crippen MR) is 108 cm³/mol. The van der Waals surface area contributed by atoms with Crippen molar-refractivity contribution in [3.05, 3.63) is 30.3 Å². The number of hydrogen-bond donors (Lipinski definition) is 2. The van der Waals surface area contributed by atoms with Crippen molar-refractivity contribution >= 4 is 23.6 Å². The fourth-order valence-electron chi connectivity index (χ4n) is 3.17. The van der Waals surface area contributed by atoms with E-state index in [9.17, 15) is 14.4 Å². The maximum Gasteiger partial charge on any atom is 0.329 e. The number of benzene rings is 1. The van der Waals surface area contributed by atoms with Crippen molar-refractivity contribution in [2.24, 2.45) is 5.92 Å². The van der Waals surface area contributed by atoms with Crippen LogP contribution in [0.1, 0.15) is 46.5 Å². The lowest BCUT2D eigenvalue weighted by molar-refractivity contribution is -0.161. The molecule has 154 valence electrons. The van der Waals surface area contributed by atoms with Crippen molar-refractivity contribution in [1.82, 2.24) is 10.2 Å². The summed E-state index contributed by atoms with van der Waals surface area (Å²) in [7, 11) is 0. The van der Waals surface area contributed by atoms with Gasteiger partial charge in [-0.25, -0.2) is 9.59 Å². The fraction of sp³-hybridized carbons (Fsp3) is 0.571. The minimum Gasteiger partial charge on any atom is -0.451 e. The highest BCUT2D eigenvalue weighted by atomic mass is 16.5. The SMILES string of the molecule is CC(C)[C@H](NC(=O)Nc1ccccc1)C(=O)O[C@@H](C)C(=O)N1CCCCCC1. The Kier molecular flexibility index (Phi) is 8.29. The number of nitrogens with one attached hydrogen (secondary N) is 2. The van der Waals surface area contributed by atoms with Gasteiger partial charge in [0, 0.05) is 18.8 Å². The lowest BCUT2D eigenvalue weighted by atomic mass is 10.0. The molecule has 0 aromatic heterocycles. The summed E-state index contributed by atoms with van der Waals surface area (Å²) >= 11 is 0. The van der Waals surface area contributed by atoms with Crippen molar-refractivity contribution in [1.29, 1.82) is 0 Å². The first-order valence-corrected chi connectivity index (χ1v) is 10.0.